The van der Waals surface area contributed by atoms with Gasteiger partial charge < -0.3 is 5.73 Å². The quantitative estimate of drug-likeness (QED) is 0.776. The molecule has 0 saturated heterocycles. The molecule has 2 rings (SSSR count). The van der Waals surface area contributed by atoms with Crippen molar-refractivity contribution < 1.29 is 4.79 Å². The number of hydrogen-bond acceptors (Lipinski definition) is 3. The van der Waals surface area contributed by atoms with Gasteiger partial charge in [-0.1, -0.05) is 0 Å². The van der Waals surface area contributed by atoms with Crippen molar-refractivity contribution in [3.63, 3.8) is 0 Å². The summed E-state index contributed by atoms with van der Waals surface area (Å²) in [5, 5.41) is 1.02. The summed E-state index contributed by atoms with van der Waals surface area (Å²) in [5.41, 5.74) is 7.31. The summed E-state index contributed by atoms with van der Waals surface area (Å²) in [6, 6.07) is 3.81. The zero-order valence-corrected chi connectivity index (χ0v) is 8.81. The lowest BCUT2D eigenvalue weighted by Crippen LogP contribution is -2.08. The van der Waals surface area contributed by atoms with Crippen LogP contribution in [0.2, 0.25) is 0 Å². The summed E-state index contributed by atoms with van der Waals surface area (Å²) in [5.74, 6) is -0.384. The molecule has 0 fully saturated rings. The van der Waals surface area contributed by atoms with E-state index in [1.807, 2.05) is 26.0 Å². The molecule has 0 aliphatic rings. The van der Waals surface area contributed by atoms with E-state index in [0.717, 1.165) is 21.5 Å². The molecule has 0 saturated carbocycles. The molecule has 0 radical (unpaired) electrons. The number of nitrogens with zero attached hydrogens (tertiary/aromatic N) is 1. The maximum Gasteiger partial charge on any atom is 0.258 e. The van der Waals surface area contributed by atoms with Crippen LogP contribution < -0.4 is 5.73 Å². The van der Waals surface area contributed by atoms with Crippen LogP contribution >= 0.6 is 11.3 Å². The average Bonchev–Trinajstić information content (AvgIpc) is 2.47. The number of primary amides is 1. The van der Waals surface area contributed by atoms with E-state index in [2.05, 4.69) is 4.98 Å². The van der Waals surface area contributed by atoms with Crippen LogP contribution in [0.15, 0.2) is 12.1 Å². The van der Waals surface area contributed by atoms with Gasteiger partial charge in [-0.3, -0.25) is 4.79 Å². The molecule has 72 valence electrons. The minimum Gasteiger partial charge on any atom is -0.365 e. The van der Waals surface area contributed by atoms with E-state index in [1.54, 1.807) is 0 Å². The lowest BCUT2D eigenvalue weighted by molar-refractivity contribution is 0.100. The topological polar surface area (TPSA) is 56.0 Å². The maximum absolute atomic E-state index is 11.0. The standard InChI is InChI=1S/C10H10N2OS/c1-5-3-6(2)12-10-7(5)4-8(14-10)9(11)13/h3-4H,1-2H3,(H2,11,13). The van der Waals surface area contributed by atoms with Gasteiger partial charge in [0.25, 0.3) is 5.91 Å². The summed E-state index contributed by atoms with van der Waals surface area (Å²) in [4.78, 5) is 16.8. The molecular weight excluding hydrogens is 196 g/mol. The minimum absolute atomic E-state index is 0.384. The van der Waals surface area contributed by atoms with E-state index in [-0.39, 0.29) is 5.91 Å². The number of aromatic nitrogens is 1. The van der Waals surface area contributed by atoms with Crippen molar-refractivity contribution in [1.82, 2.24) is 4.98 Å². The molecule has 2 heterocycles. The Kier molecular flexibility index (Phi) is 2.00. The van der Waals surface area contributed by atoms with Crippen molar-refractivity contribution in [1.29, 1.82) is 0 Å². The third-order valence-electron chi connectivity index (χ3n) is 2.08. The van der Waals surface area contributed by atoms with Crippen LogP contribution in [0.5, 0.6) is 0 Å². The fourth-order valence-corrected chi connectivity index (χ4v) is 2.46. The zero-order chi connectivity index (χ0) is 10.3. The van der Waals surface area contributed by atoms with E-state index in [4.69, 9.17) is 5.73 Å². The number of rotatable bonds is 1. The molecule has 3 nitrogen and oxygen atoms in total. The fourth-order valence-electron chi connectivity index (χ4n) is 1.45. The first-order valence-electron chi connectivity index (χ1n) is 4.25. The lowest BCUT2D eigenvalue weighted by Gasteiger charge is -1.96. The maximum atomic E-state index is 11.0. The largest absolute Gasteiger partial charge is 0.365 e. The number of hydrogen-bond donors (Lipinski definition) is 1. The Hall–Kier alpha value is -1.42. The van der Waals surface area contributed by atoms with Crippen LogP contribution in [0.25, 0.3) is 10.2 Å². The van der Waals surface area contributed by atoms with E-state index in [1.165, 1.54) is 11.3 Å². The van der Waals surface area contributed by atoms with Gasteiger partial charge in [0.15, 0.2) is 0 Å². The molecule has 0 aromatic carbocycles. The second kappa shape index (κ2) is 3.06. The van der Waals surface area contributed by atoms with Crippen molar-refractivity contribution in [3.05, 3.63) is 28.3 Å². The third-order valence-corrected chi connectivity index (χ3v) is 3.13. The first-order valence-corrected chi connectivity index (χ1v) is 5.07. The Labute approximate surface area is 85.6 Å². The summed E-state index contributed by atoms with van der Waals surface area (Å²) >= 11 is 1.35. The van der Waals surface area contributed by atoms with Crippen LogP contribution in [0.4, 0.5) is 0 Å². The monoisotopic (exact) mass is 206 g/mol. The van der Waals surface area contributed by atoms with Crippen LogP contribution in [0.3, 0.4) is 0 Å². The SMILES string of the molecule is Cc1cc(C)c2cc(C(N)=O)sc2n1. The van der Waals surface area contributed by atoms with Crippen LogP contribution in [0.1, 0.15) is 20.9 Å². The van der Waals surface area contributed by atoms with E-state index in [0.29, 0.717) is 4.88 Å². The summed E-state index contributed by atoms with van der Waals surface area (Å²) in [6.07, 6.45) is 0. The number of nitrogens with two attached hydrogens (primary N) is 1. The number of carbonyl (C=O) groups excluding carboxylic acids is 1. The highest BCUT2D eigenvalue weighted by Crippen LogP contribution is 2.26. The molecule has 14 heavy (non-hydrogen) atoms. The number of carbonyl (C=O) groups is 1. The Morgan fingerprint density at radius 2 is 2.14 bits per heavy atom. The van der Waals surface area contributed by atoms with Crippen molar-refractivity contribution >= 4 is 27.5 Å². The number of aryl methyl sites for hydroxylation is 2. The Bertz CT molecular complexity index is 516. The third kappa shape index (κ3) is 1.37. The van der Waals surface area contributed by atoms with Gasteiger partial charge in [-0.05, 0) is 31.5 Å². The highest BCUT2D eigenvalue weighted by Gasteiger charge is 2.09. The summed E-state index contributed by atoms with van der Waals surface area (Å²) in [6.45, 7) is 3.95. The van der Waals surface area contributed by atoms with E-state index in [9.17, 15) is 4.79 Å². The molecule has 0 aliphatic heterocycles. The van der Waals surface area contributed by atoms with Gasteiger partial charge in [0.05, 0.1) is 4.88 Å². The summed E-state index contributed by atoms with van der Waals surface area (Å²) < 4.78 is 0. The van der Waals surface area contributed by atoms with Crippen molar-refractivity contribution in [2.45, 2.75) is 13.8 Å². The van der Waals surface area contributed by atoms with Crippen molar-refractivity contribution in [2.75, 3.05) is 0 Å². The smallest absolute Gasteiger partial charge is 0.258 e. The second-order valence-electron chi connectivity index (χ2n) is 3.27. The molecule has 1 amide bonds. The summed E-state index contributed by atoms with van der Waals surface area (Å²) in [7, 11) is 0. The van der Waals surface area contributed by atoms with E-state index >= 15 is 0 Å². The molecule has 2 aromatic rings. The number of pyridine rings is 1. The van der Waals surface area contributed by atoms with Gasteiger partial charge >= 0.3 is 0 Å². The predicted molar refractivity (Wildman–Crippen MR) is 57.6 cm³/mol. The molecule has 2 N–H and O–H groups in total. The first kappa shape index (κ1) is 9.15. The average molecular weight is 206 g/mol. The van der Waals surface area contributed by atoms with Crippen molar-refractivity contribution in [2.24, 2.45) is 5.73 Å². The van der Waals surface area contributed by atoms with Gasteiger partial charge in [-0.25, -0.2) is 4.98 Å². The number of amides is 1. The highest BCUT2D eigenvalue weighted by molar-refractivity contribution is 7.20. The van der Waals surface area contributed by atoms with Gasteiger partial charge in [-0.15, -0.1) is 11.3 Å². The molecule has 0 atom stereocenters. The zero-order valence-electron chi connectivity index (χ0n) is 8.00. The van der Waals surface area contributed by atoms with Crippen molar-refractivity contribution in [3.8, 4) is 0 Å². The molecule has 0 spiro atoms. The van der Waals surface area contributed by atoms with Gasteiger partial charge in [0.2, 0.25) is 0 Å². The normalized spacial score (nSPS) is 10.7. The molecule has 0 bridgehead atoms. The highest BCUT2D eigenvalue weighted by atomic mass is 32.1. The van der Waals surface area contributed by atoms with Crippen LogP contribution in [0, 0.1) is 13.8 Å². The van der Waals surface area contributed by atoms with Gasteiger partial charge in [-0.2, -0.15) is 0 Å². The van der Waals surface area contributed by atoms with Crippen LogP contribution in [-0.4, -0.2) is 10.9 Å². The molecule has 0 aliphatic carbocycles. The second-order valence-corrected chi connectivity index (χ2v) is 4.30. The molecule has 2 aromatic heterocycles. The Morgan fingerprint density at radius 1 is 1.43 bits per heavy atom. The fraction of sp³-hybridized carbons (Fsp3) is 0.200. The molecule has 0 unspecified atom stereocenters. The number of thiophene rings is 1. The van der Waals surface area contributed by atoms with Gasteiger partial charge in [0, 0.05) is 11.1 Å². The Morgan fingerprint density at radius 3 is 2.79 bits per heavy atom. The molecule has 4 heteroatoms. The predicted octanol–water partition coefficient (Wildman–Crippen LogP) is 2.01. The number of fused-ring (bicyclic) bond motifs is 1. The minimum atomic E-state index is -0.384. The first-order chi connectivity index (χ1) is 6.58. The van der Waals surface area contributed by atoms with Gasteiger partial charge in [0.1, 0.15) is 4.83 Å². The lowest BCUT2D eigenvalue weighted by atomic mass is 10.2. The van der Waals surface area contributed by atoms with E-state index < -0.39 is 0 Å². The Balaban J connectivity index is 2.76. The van der Waals surface area contributed by atoms with Crippen LogP contribution in [-0.2, 0) is 0 Å². The molecular formula is C10H10N2OS.